The van der Waals surface area contributed by atoms with E-state index in [-0.39, 0.29) is 13.2 Å². The molecule has 6 nitrogen and oxygen atoms in total. The van der Waals surface area contributed by atoms with Gasteiger partial charge in [-0.1, -0.05) is 41.9 Å². The van der Waals surface area contributed by atoms with Crippen molar-refractivity contribution < 1.29 is 9.94 Å². The Labute approximate surface area is 146 Å². The third-order valence-corrected chi connectivity index (χ3v) is 4.35. The van der Waals surface area contributed by atoms with Gasteiger partial charge in [0.2, 0.25) is 0 Å². The highest BCUT2D eigenvalue weighted by Crippen LogP contribution is 2.32. The average Bonchev–Trinajstić information content (AvgIpc) is 2.46. The maximum Gasteiger partial charge on any atom is 0.362 e. The fourth-order valence-electron chi connectivity index (χ4n) is 1.90. The van der Waals surface area contributed by atoms with Crippen molar-refractivity contribution in [3.63, 3.8) is 0 Å². The molecule has 0 bridgehead atoms. The summed E-state index contributed by atoms with van der Waals surface area (Å²) < 4.78 is 0.968. The lowest BCUT2D eigenvalue weighted by Crippen LogP contribution is -2.38. The van der Waals surface area contributed by atoms with Crippen LogP contribution in [0.15, 0.2) is 37.7 Å². The second-order valence-electron chi connectivity index (χ2n) is 4.45. The Bertz CT molecular complexity index is 799. The number of aromatic amines is 1. The number of aliphatic hydroxyl groups is 1. The summed E-state index contributed by atoms with van der Waals surface area (Å²) in [5.74, 6) is 0. The predicted octanol–water partition coefficient (Wildman–Crippen LogP) is 1.98. The van der Waals surface area contributed by atoms with Crippen molar-refractivity contribution in [1.29, 1.82) is 0 Å². The van der Waals surface area contributed by atoms with E-state index in [1.165, 1.54) is 0 Å². The van der Waals surface area contributed by atoms with Gasteiger partial charge in [0.1, 0.15) is 11.6 Å². The van der Waals surface area contributed by atoms with Crippen molar-refractivity contribution >= 4 is 35.0 Å². The summed E-state index contributed by atoms with van der Waals surface area (Å²) in [5.41, 5.74) is -0.795. The van der Waals surface area contributed by atoms with Crippen LogP contribution < -0.4 is 16.1 Å². The maximum absolute atomic E-state index is 12.0. The highest BCUT2D eigenvalue weighted by molar-refractivity contribution is 7.99. The Morgan fingerprint density at radius 3 is 2.48 bits per heavy atom. The van der Waals surface area contributed by atoms with E-state index in [0.717, 1.165) is 16.5 Å². The molecule has 23 heavy (non-hydrogen) atoms. The molecule has 2 rings (SSSR count). The van der Waals surface area contributed by atoms with Gasteiger partial charge in [-0.05, 0) is 24.6 Å². The topological polar surface area (TPSA) is 84.3 Å². The zero-order valence-electron chi connectivity index (χ0n) is 12.1. The highest BCUT2D eigenvalue weighted by atomic mass is 35.5. The van der Waals surface area contributed by atoms with E-state index in [0.29, 0.717) is 32.0 Å². The Morgan fingerprint density at radius 2 is 1.91 bits per heavy atom. The molecule has 124 valence electrons. The summed E-state index contributed by atoms with van der Waals surface area (Å²) in [6.45, 7) is 1.44. The normalized spacial score (nSPS) is 10.8. The summed E-state index contributed by atoms with van der Waals surface area (Å²) in [6, 6.07) is 4.92. The molecular formula is C14H14Cl2N2O4S. The van der Waals surface area contributed by atoms with Crippen LogP contribution in [0.25, 0.3) is 0 Å². The first-order chi connectivity index (χ1) is 11.0. The van der Waals surface area contributed by atoms with Crippen molar-refractivity contribution in [2.45, 2.75) is 23.3 Å². The van der Waals surface area contributed by atoms with E-state index < -0.39 is 11.2 Å². The molecule has 0 saturated carbocycles. The second kappa shape index (κ2) is 7.92. The number of halogens is 2. The van der Waals surface area contributed by atoms with Crippen LogP contribution in [-0.2, 0) is 6.42 Å². The average molecular weight is 377 g/mol. The molecule has 0 atom stereocenters. The summed E-state index contributed by atoms with van der Waals surface area (Å²) >= 11 is 13.1. The van der Waals surface area contributed by atoms with E-state index in [1.807, 2.05) is 0 Å². The van der Waals surface area contributed by atoms with Crippen LogP contribution in [0, 0.1) is 0 Å². The molecule has 9 heteroatoms. The minimum atomic E-state index is -0.712. The third kappa shape index (κ3) is 4.32. The van der Waals surface area contributed by atoms with E-state index >= 15 is 0 Å². The van der Waals surface area contributed by atoms with Gasteiger partial charge in [0.25, 0.3) is 5.56 Å². The van der Waals surface area contributed by atoms with Gasteiger partial charge in [-0.3, -0.25) is 9.78 Å². The first-order valence-corrected chi connectivity index (χ1v) is 8.29. The number of rotatable bonds is 6. The molecule has 0 unspecified atom stereocenters. The summed E-state index contributed by atoms with van der Waals surface area (Å²) in [5, 5.41) is 10.1. The van der Waals surface area contributed by atoms with Crippen LogP contribution in [-0.4, -0.2) is 28.0 Å². The van der Waals surface area contributed by atoms with Gasteiger partial charge in [0.05, 0.1) is 12.2 Å². The lowest BCUT2D eigenvalue weighted by molar-refractivity contribution is 0.0511. The van der Waals surface area contributed by atoms with Crippen LogP contribution in [0.3, 0.4) is 0 Å². The highest BCUT2D eigenvalue weighted by Gasteiger charge is 2.17. The molecule has 0 spiro atoms. The largest absolute Gasteiger partial charge is 0.406 e. The van der Waals surface area contributed by atoms with Crippen molar-refractivity contribution in [2.24, 2.45) is 0 Å². The molecule has 2 aromatic rings. The summed E-state index contributed by atoms with van der Waals surface area (Å²) in [6.07, 6.45) is 0.398. The quantitative estimate of drug-likeness (QED) is 0.753. The van der Waals surface area contributed by atoms with E-state index in [1.54, 1.807) is 25.1 Å². The fraction of sp³-hybridized carbons (Fsp3) is 0.286. The number of hydrogen-bond donors (Lipinski definition) is 2. The Kier molecular flexibility index (Phi) is 6.17. The summed E-state index contributed by atoms with van der Waals surface area (Å²) in [4.78, 5) is 32.1. The Hall–Kier alpha value is -1.41. The van der Waals surface area contributed by atoms with Gasteiger partial charge in [0.15, 0.2) is 0 Å². The van der Waals surface area contributed by atoms with Crippen LogP contribution >= 0.6 is 35.0 Å². The molecule has 0 fully saturated rings. The van der Waals surface area contributed by atoms with Crippen LogP contribution in [0.2, 0.25) is 10.0 Å². The third-order valence-electron chi connectivity index (χ3n) is 2.84. The maximum atomic E-state index is 12.0. The molecule has 2 N–H and O–H groups in total. The number of nitrogens with one attached hydrogen (secondary N) is 1. The molecule has 0 aliphatic carbocycles. The number of H-pyrrole nitrogens is 1. The molecule has 0 amide bonds. The monoisotopic (exact) mass is 376 g/mol. The van der Waals surface area contributed by atoms with Gasteiger partial charge < -0.3 is 9.94 Å². The molecule has 0 aliphatic rings. The number of hydrogen-bond acceptors (Lipinski definition) is 5. The van der Waals surface area contributed by atoms with Crippen molar-refractivity contribution in [3.8, 4) is 0 Å². The molecule has 1 aromatic heterocycles. The van der Waals surface area contributed by atoms with Crippen molar-refractivity contribution in [2.75, 3.05) is 13.2 Å². The fourth-order valence-corrected chi connectivity index (χ4v) is 3.73. The van der Waals surface area contributed by atoms with Gasteiger partial charge in [-0.2, -0.15) is 0 Å². The zero-order valence-corrected chi connectivity index (χ0v) is 14.5. The van der Waals surface area contributed by atoms with E-state index in [9.17, 15) is 9.59 Å². The molecule has 0 radical (unpaired) electrons. The lowest BCUT2D eigenvalue weighted by atomic mass is 10.3. The van der Waals surface area contributed by atoms with Crippen LogP contribution in [0.1, 0.15) is 12.5 Å². The van der Waals surface area contributed by atoms with Gasteiger partial charge in [0, 0.05) is 14.9 Å². The SMILES string of the molecule is CCc1c(Sc2cc(Cl)cc(Cl)c2)n(OCCO)c(=O)[nH]c1=O. The second-order valence-corrected chi connectivity index (χ2v) is 6.39. The minimum absolute atomic E-state index is 0.0844. The standard InChI is InChI=1S/C14H14Cl2N2O4S/c1-2-11-12(20)17-14(21)18(22-4-3-19)13(11)23-10-6-8(15)5-9(16)7-10/h5-7,19H,2-4H2,1H3,(H,17,20,21). The van der Waals surface area contributed by atoms with E-state index in [2.05, 4.69) is 4.98 Å². The molecule has 1 aromatic carbocycles. The van der Waals surface area contributed by atoms with Crippen LogP contribution in [0.5, 0.6) is 0 Å². The first kappa shape index (κ1) is 17.9. The van der Waals surface area contributed by atoms with Crippen molar-refractivity contribution in [1.82, 2.24) is 9.71 Å². The number of nitrogens with zero attached hydrogens (tertiary/aromatic N) is 1. The smallest absolute Gasteiger partial charge is 0.362 e. The summed E-state index contributed by atoms with van der Waals surface area (Å²) in [7, 11) is 0. The minimum Gasteiger partial charge on any atom is -0.406 e. The Balaban J connectivity index is 2.57. The first-order valence-electron chi connectivity index (χ1n) is 6.72. The number of aliphatic hydroxyl groups excluding tert-OH is 1. The predicted molar refractivity (Wildman–Crippen MR) is 89.8 cm³/mol. The zero-order chi connectivity index (χ0) is 17.0. The van der Waals surface area contributed by atoms with Gasteiger partial charge >= 0.3 is 5.69 Å². The van der Waals surface area contributed by atoms with Crippen molar-refractivity contribution in [3.05, 3.63) is 54.6 Å². The van der Waals surface area contributed by atoms with Gasteiger partial charge in [-0.25, -0.2) is 4.79 Å². The van der Waals surface area contributed by atoms with Gasteiger partial charge in [-0.15, -0.1) is 4.73 Å². The Morgan fingerprint density at radius 1 is 1.26 bits per heavy atom. The molecular weight excluding hydrogens is 363 g/mol. The van der Waals surface area contributed by atoms with Crippen LogP contribution in [0.4, 0.5) is 0 Å². The number of aromatic nitrogens is 2. The molecule has 0 saturated heterocycles. The van der Waals surface area contributed by atoms with E-state index in [4.69, 9.17) is 33.1 Å². The molecule has 0 aliphatic heterocycles. The molecule has 1 heterocycles. The number of benzene rings is 1. The lowest BCUT2D eigenvalue weighted by Gasteiger charge is -2.15.